The van der Waals surface area contributed by atoms with E-state index in [1.165, 1.54) is 6.92 Å². The Bertz CT molecular complexity index is 376. The molecule has 1 rings (SSSR count). The molecule has 15 heavy (non-hydrogen) atoms. The van der Waals surface area contributed by atoms with Crippen LogP contribution in [0.3, 0.4) is 0 Å². The van der Waals surface area contributed by atoms with Gasteiger partial charge in [-0.15, -0.1) is 0 Å². The Morgan fingerprint density at radius 2 is 1.93 bits per heavy atom. The Kier molecular flexibility index (Phi) is 3.80. The average molecular weight is 204 g/mol. The zero-order chi connectivity index (χ0) is 11.3. The summed E-state index contributed by atoms with van der Waals surface area (Å²) in [5.41, 5.74) is 1.49. The van der Waals surface area contributed by atoms with Crippen LogP contribution in [-0.4, -0.2) is 11.8 Å². The molecule has 0 radical (unpaired) electrons. The van der Waals surface area contributed by atoms with Gasteiger partial charge >= 0.3 is 5.97 Å². The predicted molar refractivity (Wildman–Crippen MR) is 56.4 cm³/mol. The molecule has 1 aromatic rings. The van der Waals surface area contributed by atoms with Crippen molar-refractivity contribution in [2.75, 3.05) is 0 Å². The Hall–Kier alpha value is -1.90. The highest BCUT2D eigenvalue weighted by atomic mass is 16.5. The lowest BCUT2D eigenvalue weighted by Crippen LogP contribution is -2.00. The van der Waals surface area contributed by atoms with Crippen molar-refractivity contribution in [3.05, 3.63) is 48.0 Å². The van der Waals surface area contributed by atoms with Crippen LogP contribution >= 0.6 is 0 Å². The van der Waals surface area contributed by atoms with Crippen LogP contribution in [0.15, 0.2) is 36.9 Å². The predicted octanol–water partition coefficient (Wildman–Crippen LogP) is 2.12. The molecule has 0 spiro atoms. The van der Waals surface area contributed by atoms with Crippen molar-refractivity contribution in [2.45, 2.75) is 13.5 Å². The summed E-state index contributed by atoms with van der Waals surface area (Å²) in [6, 6.07) is 6.93. The summed E-state index contributed by atoms with van der Waals surface area (Å²) >= 11 is 0. The number of hydrogen-bond acceptors (Lipinski definition) is 3. The van der Waals surface area contributed by atoms with Gasteiger partial charge in [0.15, 0.2) is 5.78 Å². The van der Waals surface area contributed by atoms with Gasteiger partial charge in [-0.25, -0.2) is 4.79 Å². The highest BCUT2D eigenvalue weighted by molar-refractivity contribution is 5.94. The molecule has 0 N–H and O–H groups in total. The fourth-order valence-corrected chi connectivity index (χ4v) is 1.05. The molecular weight excluding hydrogens is 192 g/mol. The van der Waals surface area contributed by atoms with Crippen molar-refractivity contribution >= 4 is 11.8 Å². The van der Waals surface area contributed by atoms with Gasteiger partial charge in [0.05, 0.1) is 0 Å². The smallest absolute Gasteiger partial charge is 0.330 e. The van der Waals surface area contributed by atoms with Crippen LogP contribution in [0.25, 0.3) is 0 Å². The van der Waals surface area contributed by atoms with Gasteiger partial charge in [0, 0.05) is 11.6 Å². The Balaban J connectivity index is 2.60. The Labute approximate surface area is 88.4 Å². The molecule has 3 heteroatoms. The third-order valence-corrected chi connectivity index (χ3v) is 1.91. The number of hydrogen-bond donors (Lipinski definition) is 0. The van der Waals surface area contributed by atoms with Crippen LogP contribution in [-0.2, 0) is 16.1 Å². The highest BCUT2D eigenvalue weighted by Crippen LogP contribution is 2.06. The molecule has 0 aromatic heterocycles. The van der Waals surface area contributed by atoms with E-state index in [1.54, 1.807) is 24.3 Å². The lowest BCUT2D eigenvalue weighted by molar-refractivity contribution is -0.138. The molecule has 0 aliphatic carbocycles. The summed E-state index contributed by atoms with van der Waals surface area (Å²) in [5.74, 6) is -0.435. The molecule has 0 fully saturated rings. The van der Waals surface area contributed by atoms with Crippen molar-refractivity contribution in [2.24, 2.45) is 0 Å². The van der Waals surface area contributed by atoms with E-state index in [9.17, 15) is 9.59 Å². The summed E-state index contributed by atoms with van der Waals surface area (Å²) in [4.78, 5) is 21.7. The van der Waals surface area contributed by atoms with Crippen LogP contribution < -0.4 is 0 Å². The van der Waals surface area contributed by atoms with Crippen molar-refractivity contribution in [3.63, 3.8) is 0 Å². The van der Waals surface area contributed by atoms with Gasteiger partial charge in [-0.05, 0) is 12.5 Å². The molecule has 0 saturated heterocycles. The minimum Gasteiger partial charge on any atom is -0.458 e. The molecule has 3 nitrogen and oxygen atoms in total. The minimum atomic E-state index is -0.453. The van der Waals surface area contributed by atoms with Gasteiger partial charge in [0.2, 0.25) is 0 Å². The van der Waals surface area contributed by atoms with Gasteiger partial charge in [0.25, 0.3) is 0 Å². The molecule has 0 atom stereocenters. The number of benzene rings is 1. The largest absolute Gasteiger partial charge is 0.458 e. The Morgan fingerprint density at radius 1 is 1.33 bits per heavy atom. The standard InChI is InChI=1S/C12H12O3/c1-3-12(14)15-8-10-4-6-11(7-5-10)9(2)13/h3-7H,1,8H2,2H3. The summed E-state index contributed by atoms with van der Waals surface area (Å²) < 4.78 is 4.84. The maximum atomic E-state index is 11.0. The van der Waals surface area contributed by atoms with Gasteiger partial charge in [-0.3, -0.25) is 4.79 Å². The highest BCUT2D eigenvalue weighted by Gasteiger charge is 2.00. The lowest BCUT2D eigenvalue weighted by atomic mass is 10.1. The van der Waals surface area contributed by atoms with E-state index < -0.39 is 5.97 Å². The molecule has 0 heterocycles. The number of esters is 1. The van der Waals surface area contributed by atoms with Crippen molar-refractivity contribution in [3.8, 4) is 0 Å². The first-order chi connectivity index (χ1) is 7.13. The Morgan fingerprint density at radius 3 is 2.40 bits per heavy atom. The van der Waals surface area contributed by atoms with Crippen LogP contribution in [0.4, 0.5) is 0 Å². The van der Waals surface area contributed by atoms with Gasteiger partial charge in [0.1, 0.15) is 6.61 Å². The van der Waals surface area contributed by atoms with Crippen LogP contribution in [0.1, 0.15) is 22.8 Å². The summed E-state index contributed by atoms with van der Waals surface area (Å²) in [7, 11) is 0. The molecule has 0 saturated carbocycles. The number of ketones is 1. The first-order valence-corrected chi connectivity index (χ1v) is 4.52. The fraction of sp³-hybridized carbons (Fsp3) is 0.167. The van der Waals surface area contributed by atoms with Crippen LogP contribution in [0.2, 0.25) is 0 Å². The van der Waals surface area contributed by atoms with Gasteiger partial charge in [-0.2, -0.15) is 0 Å². The third-order valence-electron chi connectivity index (χ3n) is 1.91. The quantitative estimate of drug-likeness (QED) is 0.428. The molecular formula is C12H12O3. The molecule has 78 valence electrons. The van der Waals surface area contributed by atoms with E-state index in [-0.39, 0.29) is 12.4 Å². The van der Waals surface area contributed by atoms with Crippen LogP contribution in [0, 0.1) is 0 Å². The van der Waals surface area contributed by atoms with Gasteiger partial charge in [-0.1, -0.05) is 30.8 Å². The molecule has 1 aromatic carbocycles. The number of ether oxygens (including phenoxy) is 1. The summed E-state index contributed by atoms with van der Waals surface area (Å²) in [6.07, 6.45) is 1.12. The SMILES string of the molecule is C=CC(=O)OCc1ccc(C(C)=O)cc1. The number of carbonyl (C=O) groups excluding carboxylic acids is 2. The van der Waals surface area contributed by atoms with Gasteiger partial charge < -0.3 is 4.74 Å². The zero-order valence-electron chi connectivity index (χ0n) is 8.53. The second-order valence-corrected chi connectivity index (χ2v) is 3.06. The number of Topliss-reactive ketones (excluding diaryl/α,β-unsaturated/α-hetero) is 1. The van der Waals surface area contributed by atoms with E-state index in [4.69, 9.17) is 4.74 Å². The second kappa shape index (κ2) is 5.10. The fourth-order valence-electron chi connectivity index (χ4n) is 1.05. The molecule has 0 unspecified atom stereocenters. The first kappa shape index (κ1) is 11.2. The monoisotopic (exact) mass is 204 g/mol. The first-order valence-electron chi connectivity index (χ1n) is 4.52. The average Bonchev–Trinajstić information content (AvgIpc) is 2.26. The maximum absolute atomic E-state index is 11.0. The van der Waals surface area contributed by atoms with Crippen molar-refractivity contribution < 1.29 is 14.3 Å². The summed E-state index contributed by atoms with van der Waals surface area (Å²) in [6.45, 7) is 5.00. The van der Waals surface area contributed by atoms with Crippen LogP contribution in [0.5, 0.6) is 0 Å². The number of rotatable bonds is 4. The van der Waals surface area contributed by atoms with E-state index in [0.717, 1.165) is 11.6 Å². The van der Waals surface area contributed by atoms with Crippen molar-refractivity contribution in [1.29, 1.82) is 0 Å². The second-order valence-electron chi connectivity index (χ2n) is 3.06. The van der Waals surface area contributed by atoms with E-state index >= 15 is 0 Å². The van der Waals surface area contributed by atoms with E-state index in [2.05, 4.69) is 6.58 Å². The summed E-state index contributed by atoms with van der Waals surface area (Å²) in [5, 5.41) is 0. The molecule has 0 bridgehead atoms. The normalized spacial score (nSPS) is 9.40. The third kappa shape index (κ3) is 3.38. The minimum absolute atomic E-state index is 0.0182. The zero-order valence-corrected chi connectivity index (χ0v) is 8.53. The molecule has 0 aliphatic rings. The molecule has 0 amide bonds. The number of carbonyl (C=O) groups is 2. The molecule has 0 aliphatic heterocycles. The maximum Gasteiger partial charge on any atom is 0.330 e. The lowest BCUT2D eigenvalue weighted by Gasteiger charge is -2.02. The van der Waals surface area contributed by atoms with Crippen molar-refractivity contribution in [1.82, 2.24) is 0 Å². The van der Waals surface area contributed by atoms with E-state index in [1.807, 2.05) is 0 Å². The van der Waals surface area contributed by atoms with E-state index in [0.29, 0.717) is 5.56 Å². The topological polar surface area (TPSA) is 43.4 Å².